The van der Waals surface area contributed by atoms with Crippen molar-refractivity contribution in [1.82, 2.24) is 4.90 Å². The van der Waals surface area contributed by atoms with Crippen LogP contribution in [0.4, 0.5) is 0 Å². The van der Waals surface area contributed by atoms with Crippen molar-refractivity contribution in [1.29, 1.82) is 0 Å². The molecule has 0 bridgehead atoms. The van der Waals surface area contributed by atoms with Crippen molar-refractivity contribution in [2.45, 2.75) is 43.6 Å². The molecule has 102 valence electrons. The van der Waals surface area contributed by atoms with Crippen LogP contribution in [0.5, 0.6) is 0 Å². The molecule has 4 atom stereocenters. The van der Waals surface area contributed by atoms with Gasteiger partial charge in [-0.15, -0.1) is 0 Å². The van der Waals surface area contributed by atoms with Gasteiger partial charge in [-0.1, -0.05) is 12.7 Å². The summed E-state index contributed by atoms with van der Waals surface area (Å²) in [5, 5.41) is 18.4. The monoisotopic (exact) mass is 254 g/mol. The second-order valence-corrected chi connectivity index (χ2v) is 5.83. The van der Waals surface area contributed by atoms with Crippen LogP contribution in [0.15, 0.2) is 0 Å². The van der Waals surface area contributed by atoms with Crippen molar-refractivity contribution in [3.8, 4) is 0 Å². The summed E-state index contributed by atoms with van der Waals surface area (Å²) in [7, 11) is 2.23. The van der Waals surface area contributed by atoms with Gasteiger partial charge in [0.15, 0.2) is 0 Å². The quantitative estimate of drug-likeness (QED) is 0.461. The first-order valence-electron chi connectivity index (χ1n) is 6.85. The molecule has 3 unspecified atom stereocenters. The number of carboxylic acid groups (broad SMARTS) is 1. The summed E-state index contributed by atoms with van der Waals surface area (Å²) >= 11 is 0. The Morgan fingerprint density at radius 1 is 1.61 bits per heavy atom. The van der Waals surface area contributed by atoms with E-state index in [1.807, 2.05) is 0 Å². The third-order valence-corrected chi connectivity index (χ3v) is 4.97. The molecule has 1 aliphatic heterocycles. The summed E-state index contributed by atoms with van der Waals surface area (Å²) in [6.07, 6.45) is 4.17. The smallest absolute Gasteiger partial charge is 0.324 e. The van der Waals surface area contributed by atoms with Crippen molar-refractivity contribution in [2.75, 3.05) is 13.6 Å². The number of rotatable bonds is 5. The number of fused-ring (bicyclic) bond motifs is 1. The summed E-state index contributed by atoms with van der Waals surface area (Å²) in [5.41, 5.74) is 5.22. The Kier molecular flexibility index (Phi) is 3.99. The number of carbonyl (C=O) groups is 1. The van der Waals surface area contributed by atoms with E-state index >= 15 is 0 Å². The molecule has 5 nitrogen and oxygen atoms in total. The first-order valence-corrected chi connectivity index (χ1v) is 6.85. The Morgan fingerprint density at radius 3 is 2.94 bits per heavy atom. The molecule has 4 N–H and O–H groups in total. The summed E-state index contributed by atoms with van der Waals surface area (Å²) in [6, 6.07) is 0.324. The fourth-order valence-corrected chi connectivity index (χ4v) is 3.89. The highest BCUT2D eigenvalue weighted by Gasteiger charge is 2.59. The zero-order valence-electron chi connectivity index (χ0n) is 11.0. The van der Waals surface area contributed by atoms with E-state index < -0.39 is 11.5 Å². The molecule has 1 saturated carbocycles. The Hall–Kier alpha value is -0.585. The van der Waals surface area contributed by atoms with Crippen LogP contribution < -0.4 is 5.73 Å². The SMILES string of the molecule is CN1CCC2C1C[C@@H](CCCBO)C2(N)C(=O)O. The predicted molar refractivity (Wildman–Crippen MR) is 70.6 cm³/mol. The van der Waals surface area contributed by atoms with Gasteiger partial charge in [-0.2, -0.15) is 0 Å². The van der Waals surface area contributed by atoms with Gasteiger partial charge in [0.05, 0.1) is 0 Å². The lowest BCUT2D eigenvalue weighted by Crippen LogP contribution is -2.56. The normalized spacial score (nSPS) is 39.8. The predicted octanol–water partition coefficient (Wildman–Crippen LogP) is -0.349. The molecule has 6 heteroatoms. The van der Waals surface area contributed by atoms with E-state index in [1.54, 1.807) is 0 Å². The van der Waals surface area contributed by atoms with E-state index in [0.717, 1.165) is 38.5 Å². The Balaban J connectivity index is 2.12. The first-order chi connectivity index (χ1) is 8.51. The summed E-state index contributed by atoms with van der Waals surface area (Å²) in [5.74, 6) is -0.724. The minimum Gasteiger partial charge on any atom is -0.480 e. The van der Waals surface area contributed by atoms with Gasteiger partial charge in [0.25, 0.3) is 7.48 Å². The van der Waals surface area contributed by atoms with Crippen LogP contribution in [-0.4, -0.2) is 53.7 Å². The van der Waals surface area contributed by atoms with Crippen LogP contribution in [0.25, 0.3) is 0 Å². The van der Waals surface area contributed by atoms with Crippen LogP contribution >= 0.6 is 0 Å². The van der Waals surface area contributed by atoms with E-state index in [2.05, 4.69) is 11.9 Å². The second-order valence-electron chi connectivity index (χ2n) is 5.83. The number of likely N-dealkylation sites (tertiary alicyclic amines) is 1. The van der Waals surface area contributed by atoms with E-state index in [1.165, 1.54) is 0 Å². The molecular formula is C12H23BN2O3. The third-order valence-electron chi connectivity index (χ3n) is 4.97. The molecule has 0 radical (unpaired) electrons. The summed E-state index contributed by atoms with van der Waals surface area (Å²) in [4.78, 5) is 13.9. The van der Waals surface area contributed by atoms with Gasteiger partial charge >= 0.3 is 5.97 Å². The zero-order chi connectivity index (χ0) is 13.3. The number of aliphatic carboxylic acids is 1. The number of nitrogens with two attached hydrogens (primary N) is 1. The highest BCUT2D eigenvalue weighted by Crippen LogP contribution is 2.48. The largest absolute Gasteiger partial charge is 0.480 e. The molecule has 2 rings (SSSR count). The van der Waals surface area contributed by atoms with Crippen molar-refractivity contribution in [3.63, 3.8) is 0 Å². The standard InChI is InChI=1S/C12H23BN2O3/c1-15-6-4-9-10(15)7-8(3-2-5-13-18)12(9,14)11(16)17/h8-10,13,18H,2-7,14H2,1H3,(H,16,17)/t8-,9?,10?,12?/m1/s1. The van der Waals surface area contributed by atoms with Crippen molar-refractivity contribution >= 4 is 13.5 Å². The molecular weight excluding hydrogens is 231 g/mol. The Morgan fingerprint density at radius 2 is 2.33 bits per heavy atom. The van der Waals surface area contributed by atoms with Gasteiger partial charge < -0.3 is 20.8 Å². The lowest BCUT2D eigenvalue weighted by molar-refractivity contribution is -0.146. The van der Waals surface area contributed by atoms with Gasteiger partial charge in [-0.3, -0.25) is 4.79 Å². The van der Waals surface area contributed by atoms with Crippen molar-refractivity contribution in [2.24, 2.45) is 17.6 Å². The molecule has 0 spiro atoms. The van der Waals surface area contributed by atoms with Gasteiger partial charge in [-0.05, 0) is 38.8 Å². The van der Waals surface area contributed by atoms with Gasteiger partial charge in [0, 0.05) is 12.0 Å². The van der Waals surface area contributed by atoms with E-state index in [-0.39, 0.29) is 19.3 Å². The molecule has 1 saturated heterocycles. The van der Waals surface area contributed by atoms with Crippen molar-refractivity contribution < 1.29 is 14.9 Å². The summed E-state index contributed by atoms with van der Waals surface area (Å²) < 4.78 is 0. The minimum atomic E-state index is -1.06. The molecule has 18 heavy (non-hydrogen) atoms. The molecule has 0 aromatic heterocycles. The average molecular weight is 254 g/mol. The van der Waals surface area contributed by atoms with E-state index in [4.69, 9.17) is 10.8 Å². The number of nitrogens with zero attached hydrogens (tertiary/aromatic N) is 1. The molecule has 2 fully saturated rings. The molecule has 1 heterocycles. The van der Waals surface area contributed by atoms with Crippen molar-refractivity contribution in [3.05, 3.63) is 0 Å². The third kappa shape index (κ3) is 2.06. The van der Waals surface area contributed by atoms with Crippen LogP contribution in [0.3, 0.4) is 0 Å². The van der Waals surface area contributed by atoms with Crippen LogP contribution in [0.1, 0.15) is 25.7 Å². The maximum absolute atomic E-state index is 11.6. The first kappa shape index (κ1) is 13.8. The van der Waals surface area contributed by atoms with Crippen LogP contribution in [-0.2, 0) is 4.79 Å². The number of hydrogen-bond donors (Lipinski definition) is 3. The van der Waals surface area contributed by atoms with Crippen LogP contribution in [0.2, 0.25) is 6.32 Å². The topological polar surface area (TPSA) is 86.8 Å². The molecule has 2 aliphatic rings. The Bertz CT molecular complexity index is 328. The molecule has 0 aromatic carbocycles. The zero-order valence-corrected chi connectivity index (χ0v) is 11.0. The molecule has 0 aromatic rings. The molecule has 1 aliphatic carbocycles. The van der Waals surface area contributed by atoms with Gasteiger partial charge in [0.1, 0.15) is 5.54 Å². The van der Waals surface area contributed by atoms with Gasteiger partial charge in [-0.25, -0.2) is 0 Å². The maximum atomic E-state index is 11.6. The fraction of sp³-hybridized carbons (Fsp3) is 0.917. The van der Waals surface area contributed by atoms with Crippen LogP contribution in [0, 0.1) is 11.8 Å². The maximum Gasteiger partial charge on any atom is 0.324 e. The number of hydrogen-bond acceptors (Lipinski definition) is 4. The van der Waals surface area contributed by atoms with Gasteiger partial charge in [0.2, 0.25) is 0 Å². The lowest BCUT2D eigenvalue weighted by Gasteiger charge is -2.31. The summed E-state index contributed by atoms with van der Waals surface area (Å²) in [6.45, 7) is 0.949. The highest BCUT2D eigenvalue weighted by atomic mass is 16.4. The minimum absolute atomic E-state index is 0.0410. The number of carboxylic acids is 1. The van der Waals surface area contributed by atoms with E-state index in [0.29, 0.717) is 6.04 Å². The fourth-order valence-electron chi connectivity index (χ4n) is 3.89. The van der Waals surface area contributed by atoms with E-state index in [9.17, 15) is 9.90 Å². The second kappa shape index (κ2) is 5.19. The highest BCUT2D eigenvalue weighted by molar-refractivity contribution is 6.25. The lowest BCUT2D eigenvalue weighted by atomic mass is 9.77. The average Bonchev–Trinajstić information content (AvgIpc) is 2.81. The molecule has 0 amide bonds. The Labute approximate surface area is 109 Å².